The van der Waals surface area contributed by atoms with E-state index in [1.165, 1.54) is 0 Å². The summed E-state index contributed by atoms with van der Waals surface area (Å²) in [6.07, 6.45) is 0.237. The van der Waals surface area contributed by atoms with Crippen LogP contribution < -0.4 is 11.1 Å². The van der Waals surface area contributed by atoms with Crippen molar-refractivity contribution >= 4 is 5.91 Å². The quantitative estimate of drug-likeness (QED) is 0.586. The third kappa shape index (κ3) is 6.82. The second-order valence-corrected chi connectivity index (χ2v) is 3.30. The highest BCUT2D eigenvalue weighted by Crippen LogP contribution is 1.90. The summed E-state index contributed by atoms with van der Waals surface area (Å²) in [5, 5.41) is 2.73. The predicted molar refractivity (Wildman–Crippen MR) is 53.9 cm³/mol. The number of methoxy groups -OCH3 is 2. The zero-order chi connectivity index (χ0) is 11.0. The fraction of sp³-hybridized carbons (Fsp3) is 0.889. The molecule has 0 spiro atoms. The van der Waals surface area contributed by atoms with Gasteiger partial charge in [-0.3, -0.25) is 4.79 Å². The summed E-state index contributed by atoms with van der Waals surface area (Å²) in [7, 11) is 3.18. The SMILES string of the molecule is COCC(CNC(=O)CC(C)N)OC. The Kier molecular flexibility index (Phi) is 7.37. The molecule has 0 aliphatic carbocycles. The molecule has 84 valence electrons. The summed E-state index contributed by atoms with van der Waals surface area (Å²) in [6, 6.07) is -0.113. The van der Waals surface area contributed by atoms with Crippen molar-refractivity contribution in [2.75, 3.05) is 27.4 Å². The monoisotopic (exact) mass is 204 g/mol. The third-order valence-electron chi connectivity index (χ3n) is 1.72. The molecule has 2 atom stereocenters. The van der Waals surface area contributed by atoms with Gasteiger partial charge >= 0.3 is 0 Å². The van der Waals surface area contributed by atoms with Crippen LogP contribution in [-0.4, -0.2) is 45.4 Å². The van der Waals surface area contributed by atoms with Crippen molar-refractivity contribution in [1.82, 2.24) is 5.32 Å². The molecule has 1 amide bonds. The van der Waals surface area contributed by atoms with Crippen molar-refractivity contribution in [1.29, 1.82) is 0 Å². The molecule has 0 radical (unpaired) electrons. The number of nitrogens with one attached hydrogen (secondary N) is 1. The summed E-state index contributed by atoms with van der Waals surface area (Å²) < 4.78 is 9.98. The number of hydrogen-bond donors (Lipinski definition) is 2. The van der Waals surface area contributed by atoms with Crippen LogP contribution in [-0.2, 0) is 14.3 Å². The van der Waals surface area contributed by atoms with Gasteiger partial charge in [-0.25, -0.2) is 0 Å². The molecule has 5 heteroatoms. The molecule has 5 nitrogen and oxygen atoms in total. The van der Waals surface area contributed by atoms with Crippen molar-refractivity contribution < 1.29 is 14.3 Å². The number of carbonyl (C=O) groups excluding carboxylic acids is 1. The van der Waals surface area contributed by atoms with E-state index >= 15 is 0 Å². The van der Waals surface area contributed by atoms with E-state index in [2.05, 4.69) is 5.32 Å². The van der Waals surface area contributed by atoms with Crippen LogP contribution in [0.3, 0.4) is 0 Å². The van der Waals surface area contributed by atoms with Crippen molar-refractivity contribution in [3.63, 3.8) is 0 Å². The number of amides is 1. The van der Waals surface area contributed by atoms with Gasteiger partial charge in [-0.1, -0.05) is 0 Å². The Hall–Kier alpha value is -0.650. The smallest absolute Gasteiger partial charge is 0.221 e. The zero-order valence-electron chi connectivity index (χ0n) is 9.08. The topological polar surface area (TPSA) is 73.6 Å². The van der Waals surface area contributed by atoms with E-state index < -0.39 is 0 Å². The normalized spacial score (nSPS) is 14.9. The summed E-state index contributed by atoms with van der Waals surface area (Å²) in [5.74, 6) is -0.0573. The molecule has 0 aromatic heterocycles. The van der Waals surface area contributed by atoms with Gasteiger partial charge in [0.15, 0.2) is 0 Å². The molecule has 0 aliphatic heterocycles. The minimum atomic E-state index is -0.113. The molecule has 0 aromatic rings. The van der Waals surface area contributed by atoms with Gasteiger partial charge in [-0.2, -0.15) is 0 Å². The number of rotatable bonds is 7. The van der Waals surface area contributed by atoms with Gasteiger partial charge in [0.25, 0.3) is 0 Å². The highest BCUT2D eigenvalue weighted by Gasteiger charge is 2.09. The maximum absolute atomic E-state index is 11.2. The molecule has 0 bridgehead atoms. The molecule has 0 rings (SSSR count). The lowest BCUT2D eigenvalue weighted by molar-refractivity contribution is -0.122. The van der Waals surface area contributed by atoms with Crippen LogP contribution in [0, 0.1) is 0 Å². The maximum Gasteiger partial charge on any atom is 0.221 e. The maximum atomic E-state index is 11.2. The van der Waals surface area contributed by atoms with Gasteiger partial charge in [-0.15, -0.1) is 0 Å². The Balaban J connectivity index is 3.62. The molecule has 14 heavy (non-hydrogen) atoms. The van der Waals surface area contributed by atoms with Gasteiger partial charge in [-0.05, 0) is 6.92 Å². The highest BCUT2D eigenvalue weighted by atomic mass is 16.5. The van der Waals surface area contributed by atoms with E-state index in [9.17, 15) is 4.79 Å². The molecule has 0 aliphatic rings. The number of carbonyl (C=O) groups is 1. The van der Waals surface area contributed by atoms with Gasteiger partial charge in [0.1, 0.15) is 0 Å². The minimum Gasteiger partial charge on any atom is -0.382 e. The van der Waals surface area contributed by atoms with Crippen molar-refractivity contribution in [2.24, 2.45) is 5.73 Å². The first-order valence-corrected chi connectivity index (χ1v) is 4.64. The van der Waals surface area contributed by atoms with Gasteiger partial charge in [0, 0.05) is 33.2 Å². The lowest BCUT2D eigenvalue weighted by Gasteiger charge is -2.15. The van der Waals surface area contributed by atoms with Crippen molar-refractivity contribution in [3.8, 4) is 0 Å². The summed E-state index contributed by atoms with van der Waals surface area (Å²) in [5.41, 5.74) is 5.47. The number of hydrogen-bond acceptors (Lipinski definition) is 4. The van der Waals surface area contributed by atoms with Crippen LogP contribution >= 0.6 is 0 Å². The number of nitrogens with two attached hydrogens (primary N) is 1. The molecular formula is C9H20N2O3. The van der Waals surface area contributed by atoms with E-state index in [0.29, 0.717) is 19.6 Å². The molecule has 2 unspecified atom stereocenters. The first-order chi connectivity index (χ1) is 6.60. The lowest BCUT2D eigenvalue weighted by Crippen LogP contribution is -2.37. The van der Waals surface area contributed by atoms with Crippen LogP contribution in [0.25, 0.3) is 0 Å². The molecule has 3 N–H and O–H groups in total. The lowest BCUT2D eigenvalue weighted by atomic mass is 10.2. The fourth-order valence-electron chi connectivity index (χ4n) is 0.988. The molecular weight excluding hydrogens is 184 g/mol. The Morgan fingerprint density at radius 1 is 1.50 bits per heavy atom. The minimum absolute atomic E-state index is 0.0573. The van der Waals surface area contributed by atoms with Crippen LogP contribution in [0.2, 0.25) is 0 Å². The standard InChI is InChI=1S/C9H20N2O3/c1-7(10)4-9(12)11-5-8(14-3)6-13-2/h7-8H,4-6,10H2,1-3H3,(H,11,12). The molecule has 0 heterocycles. The largest absolute Gasteiger partial charge is 0.382 e. The second kappa shape index (κ2) is 7.73. The van der Waals surface area contributed by atoms with E-state index in [1.807, 2.05) is 0 Å². The third-order valence-corrected chi connectivity index (χ3v) is 1.72. The zero-order valence-corrected chi connectivity index (χ0v) is 9.08. The van der Waals surface area contributed by atoms with E-state index in [-0.39, 0.29) is 18.1 Å². The number of ether oxygens (including phenoxy) is 2. The molecule has 0 aromatic carbocycles. The van der Waals surface area contributed by atoms with Gasteiger partial charge < -0.3 is 20.5 Å². The molecule has 0 saturated heterocycles. The molecule has 0 fully saturated rings. The second-order valence-electron chi connectivity index (χ2n) is 3.30. The first kappa shape index (κ1) is 13.4. The average molecular weight is 204 g/mol. The predicted octanol–water partition coefficient (Wildman–Crippen LogP) is -0.499. The van der Waals surface area contributed by atoms with Gasteiger partial charge in [0.05, 0.1) is 12.7 Å². The highest BCUT2D eigenvalue weighted by molar-refractivity contribution is 5.76. The Morgan fingerprint density at radius 2 is 2.14 bits per heavy atom. The van der Waals surface area contributed by atoms with Crippen molar-refractivity contribution in [3.05, 3.63) is 0 Å². The summed E-state index contributed by atoms with van der Waals surface area (Å²) in [6.45, 7) is 2.72. The van der Waals surface area contributed by atoms with E-state index in [0.717, 1.165) is 0 Å². The summed E-state index contributed by atoms with van der Waals surface area (Å²) in [4.78, 5) is 11.2. The fourth-order valence-corrected chi connectivity index (χ4v) is 0.988. The van der Waals surface area contributed by atoms with Crippen molar-refractivity contribution in [2.45, 2.75) is 25.5 Å². The average Bonchev–Trinajstić information content (AvgIpc) is 2.11. The molecule has 0 saturated carbocycles. The van der Waals surface area contributed by atoms with E-state index in [1.54, 1.807) is 21.1 Å². The van der Waals surface area contributed by atoms with E-state index in [4.69, 9.17) is 15.2 Å². The van der Waals surface area contributed by atoms with Crippen LogP contribution in [0.5, 0.6) is 0 Å². The first-order valence-electron chi connectivity index (χ1n) is 4.64. The van der Waals surface area contributed by atoms with Crippen LogP contribution in [0.4, 0.5) is 0 Å². The van der Waals surface area contributed by atoms with Crippen LogP contribution in [0.15, 0.2) is 0 Å². The summed E-state index contributed by atoms with van der Waals surface area (Å²) >= 11 is 0. The Labute approximate surface area is 84.9 Å². The van der Waals surface area contributed by atoms with Gasteiger partial charge in [0.2, 0.25) is 5.91 Å². The Bertz CT molecular complexity index is 162. The van der Waals surface area contributed by atoms with Crippen LogP contribution in [0.1, 0.15) is 13.3 Å². The Morgan fingerprint density at radius 3 is 2.57 bits per heavy atom.